The number of likely N-dealkylation sites (tertiary alicyclic amines) is 1. The maximum atomic E-state index is 6.19. The van der Waals surface area contributed by atoms with E-state index in [9.17, 15) is 0 Å². The van der Waals surface area contributed by atoms with E-state index < -0.39 is 0 Å². The number of benzene rings is 1. The monoisotopic (exact) mass is 337 g/mol. The first-order valence-electron chi connectivity index (χ1n) is 8.55. The van der Waals surface area contributed by atoms with Crippen molar-refractivity contribution in [2.75, 3.05) is 33.3 Å². The lowest BCUT2D eigenvalue weighted by molar-refractivity contribution is 0.0264. The second-order valence-corrected chi connectivity index (χ2v) is 6.22. The molecular formula is C18H28ClN3O. The fraction of sp³-hybridized carbons (Fsp3) is 0.611. The van der Waals surface area contributed by atoms with Crippen LogP contribution >= 0.6 is 11.6 Å². The number of nitrogens with zero attached hydrogens (tertiary/aromatic N) is 2. The van der Waals surface area contributed by atoms with Gasteiger partial charge in [-0.15, -0.1) is 0 Å². The highest BCUT2D eigenvalue weighted by atomic mass is 35.5. The number of halogens is 1. The van der Waals surface area contributed by atoms with Crippen LogP contribution in [0.25, 0.3) is 0 Å². The van der Waals surface area contributed by atoms with E-state index >= 15 is 0 Å². The van der Waals surface area contributed by atoms with E-state index in [0.29, 0.717) is 6.10 Å². The van der Waals surface area contributed by atoms with Crippen LogP contribution in [-0.2, 0) is 11.2 Å². The standard InChI is InChI=1S/C18H28ClN3O/c1-3-23-16-10-13-22(14-11-16)18(20-2)21-12-6-8-15-7-4-5-9-17(15)19/h4-5,7,9,16H,3,6,8,10-14H2,1-2H3,(H,20,21). The van der Waals surface area contributed by atoms with Gasteiger partial charge in [0.2, 0.25) is 0 Å². The van der Waals surface area contributed by atoms with Gasteiger partial charge in [0.05, 0.1) is 6.10 Å². The maximum absolute atomic E-state index is 6.19. The average Bonchev–Trinajstić information content (AvgIpc) is 2.58. The third kappa shape index (κ3) is 5.70. The average molecular weight is 338 g/mol. The first-order valence-corrected chi connectivity index (χ1v) is 8.93. The van der Waals surface area contributed by atoms with E-state index in [0.717, 1.165) is 62.9 Å². The molecule has 0 radical (unpaired) electrons. The number of rotatable bonds is 6. The Morgan fingerprint density at radius 1 is 1.35 bits per heavy atom. The summed E-state index contributed by atoms with van der Waals surface area (Å²) in [7, 11) is 1.85. The molecule has 128 valence electrons. The van der Waals surface area contributed by atoms with Crippen molar-refractivity contribution in [3.63, 3.8) is 0 Å². The highest BCUT2D eigenvalue weighted by Crippen LogP contribution is 2.16. The quantitative estimate of drug-likeness (QED) is 0.491. The van der Waals surface area contributed by atoms with Crippen LogP contribution in [0.2, 0.25) is 5.02 Å². The summed E-state index contributed by atoms with van der Waals surface area (Å²) >= 11 is 6.19. The summed E-state index contributed by atoms with van der Waals surface area (Å²) in [5.74, 6) is 0.999. The molecule has 0 aromatic heterocycles. The molecule has 2 rings (SSSR count). The molecule has 1 aliphatic heterocycles. The summed E-state index contributed by atoms with van der Waals surface area (Å²) in [6.45, 7) is 5.79. The Morgan fingerprint density at radius 2 is 2.09 bits per heavy atom. The van der Waals surface area contributed by atoms with Crippen molar-refractivity contribution in [2.24, 2.45) is 4.99 Å². The topological polar surface area (TPSA) is 36.9 Å². The van der Waals surface area contributed by atoms with Crippen LogP contribution in [0.4, 0.5) is 0 Å². The Morgan fingerprint density at radius 3 is 2.74 bits per heavy atom. The molecule has 0 saturated carbocycles. The van der Waals surface area contributed by atoms with Gasteiger partial charge in [0.25, 0.3) is 0 Å². The third-order valence-corrected chi connectivity index (χ3v) is 4.59. The SMILES string of the molecule is CCOC1CCN(C(=NC)NCCCc2ccccc2Cl)CC1. The fourth-order valence-corrected chi connectivity index (χ4v) is 3.21. The molecule has 0 spiro atoms. The van der Waals surface area contributed by atoms with Gasteiger partial charge in [0.1, 0.15) is 0 Å². The van der Waals surface area contributed by atoms with Gasteiger partial charge in [0.15, 0.2) is 5.96 Å². The van der Waals surface area contributed by atoms with Gasteiger partial charge >= 0.3 is 0 Å². The van der Waals surface area contributed by atoms with E-state index in [1.807, 2.05) is 25.2 Å². The van der Waals surface area contributed by atoms with E-state index in [-0.39, 0.29) is 0 Å². The van der Waals surface area contributed by atoms with Crippen LogP contribution in [0, 0.1) is 0 Å². The highest BCUT2D eigenvalue weighted by Gasteiger charge is 2.21. The lowest BCUT2D eigenvalue weighted by atomic mass is 10.1. The van der Waals surface area contributed by atoms with Crippen molar-refractivity contribution in [2.45, 2.75) is 38.7 Å². The van der Waals surface area contributed by atoms with Gasteiger partial charge in [0, 0.05) is 38.3 Å². The summed E-state index contributed by atoms with van der Waals surface area (Å²) in [6.07, 6.45) is 4.59. The number of piperidine rings is 1. The Hall–Kier alpha value is -1.26. The van der Waals surface area contributed by atoms with Crippen LogP contribution < -0.4 is 5.32 Å². The molecule has 1 aromatic rings. The molecule has 1 aliphatic rings. The normalized spacial score (nSPS) is 16.7. The lowest BCUT2D eigenvalue weighted by Gasteiger charge is -2.34. The number of hydrogen-bond donors (Lipinski definition) is 1. The van der Waals surface area contributed by atoms with Crippen molar-refractivity contribution in [3.05, 3.63) is 34.9 Å². The fourth-order valence-electron chi connectivity index (χ4n) is 2.98. The van der Waals surface area contributed by atoms with Crippen molar-refractivity contribution < 1.29 is 4.74 Å². The summed E-state index contributed by atoms with van der Waals surface area (Å²) in [6, 6.07) is 8.05. The first kappa shape index (κ1) is 18.1. The second-order valence-electron chi connectivity index (χ2n) is 5.81. The van der Waals surface area contributed by atoms with Crippen LogP contribution in [0.3, 0.4) is 0 Å². The second kappa shape index (κ2) is 9.78. The Kier molecular flexibility index (Phi) is 7.69. The molecule has 0 amide bonds. The molecule has 0 unspecified atom stereocenters. The van der Waals surface area contributed by atoms with Gasteiger partial charge in [-0.3, -0.25) is 4.99 Å². The highest BCUT2D eigenvalue weighted by molar-refractivity contribution is 6.31. The molecule has 0 bridgehead atoms. The molecule has 1 fully saturated rings. The zero-order chi connectivity index (χ0) is 16.5. The van der Waals surface area contributed by atoms with Gasteiger partial charge in [-0.2, -0.15) is 0 Å². The third-order valence-electron chi connectivity index (χ3n) is 4.22. The van der Waals surface area contributed by atoms with Crippen LogP contribution in [0.1, 0.15) is 31.7 Å². The van der Waals surface area contributed by atoms with Crippen molar-refractivity contribution in [1.29, 1.82) is 0 Å². The molecule has 1 heterocycles. The largest absolute Gasteiger partial charge is 0.378 e. The number of aryl methyl sites for hydroxylation is 1. The predicted octanol–water partition coefficient (Wildman–Crippen LogP) is 3.35. The molecule has 23 heavy (non-hydrogen) atoms. The molecule has 0 aliphatic carbocycles. The van der Waals surface area contributed by atoms with Crippen LogP contribution in [-0.4, -0.2) is 50.3 Å². The van der Waals surface area contributed by atoms with Gasteiger partial charge in [-0.05, 0) is 44.2 Å². The van der Waals surface area contributed by atoms with Crippen LogP contribution in [0.5, 0.6) is 0 Å². The first-order chi connectivity index (χ1) is 11.2. The number of hydrogen-bond acceptors (Lipinski definition) is 2. The van der Waals surface area contributed by atoms with E-state index in [1.165, 1.54) is 5.56 Å². The Balaban J connectivity index is 1.71. The summed E-state index contributed by atoms with van der Waals surface area (Å²) < 4.78 is 5.70. The van der Waals surface area contributed by atoms with Gasteiger partial charge < -0.3 is 15.0 Å². The van der Waals surface area contributed by atoms with Crippen molar-refractivity contribution >= 4 is 17.6 Å². The molecule has 0 atom stereocenters. The van der Waals surface area contributed by atoms with E-state index in [1.54, 1.807) is 0 Å². The summed E-state index contributed by atoms with van der Waals surface area (Å²) in [5, 5.41) is 4.32. The van der Waals surface area contributed by atoms with Crippen LogP contribution in [0.15, 0.2) is 29.3 Å². The van der Waals surface area contributed by atoms with E-state index in [2.05, 4.69) is 28.2 Å². The molecule has 1 saturated heterocycles. The number of aliphatic imine (C=N–C) groups is 1. The van der Waals surface area contributed by atoms with Gasteiger partial charge in [-0.25, -0.2) is 0 Å². The minimum Gasteiger partial charge on any atom is -0.378 e. The Labute approximate surface area is 144 Å². The van der Waals surface area contributed by atoms with Crippen molar-refractivity contribution in [1.82, 2.24) is 10.2 Å². The maximum Gasteiger partial charge on any atom is 0.193 e. The predicted molar refractivity (Wildman–Crippen MR) is 97.4 cm³/mol. The lowest BCUT2D eigenvalue weighted by Crippen LogP contribution is -2.47. The van der Waals surface area contributed by atoms with Gasteiger partial charge in [-0.1, -0.05) is 29.8 Å². The number of guanidine groups is 1. The molecule has 5 heteroatoms. The smallest absolute Gasteiger partial charge is 0.193 e. The number of nitrogens with one attached hydrogen (secondary N) is 1. The molecule has 1 aromatic carbocycles. The Bertz CT molecular complexity index is 499. The number of ether oxygens (including phenoxy) is 1. The molecule has 1 N–H and O–H groups in total. The molecular weight excluding hydrogens is 310 g/mol. The minimum atomic E-state index is 0.412. The summed E-state index contributed by atoms with van der Waals surface area (Å²) in [4.78, 5) is 6.73. The van der Waals surface area contributed by atoms with Crippen molar-refractivity contribution in [3.8, 4) is 0 Å². The molecule has 4 nitrogen and oxygen atoms in total. The van der Waals surface area contributed by atoms with E-state index in [4.69, 9.17) is 16.3 Å². The summed E-state index contributed by atoms with van der Waals surface area (Å²) in [5.41, 5.74) is 1.21. The minimum absolute atomic E-state index is 0.412. The zero-order valence-electron chi connectivity index (χ0n) is 14.2. The zero-order valence-corrected chi connectivity index (χ0v) is 15.0.